The van der Waals surface area contributed by atoms with Crippen LogP contribution < -0.4 is 33.7 Å². The Labute approximate surface area is 496 Å². The summed E-state index contributed by atoms with van der Waals surface area (Å²) in [5.41, 5.74) is 1.14. The van der Waals surface area contributed by atoms with Crippen LogP contribution in [0.3, 0.4) is 0 Å². The lowest BCUT2D eigenvalue weighted by Crippen LogP contribution is -2.40. The minimum Gasteiger partial charge on any atom is -0.619 e. The highest BCUT2D eigenvalue weighted by Gasteiger charge is 2.43. The number of carboxylic acids is 1. The maximum absolute atomic E-state index is 13.7. The fourth-order valence-electron chi connectivity index (χ4n) is 8.11. The largest absolute Gasteiger partial charge is 0.619 e. The number of hydrogen-bond acceptors (Lipinski definition) is 16. The molecular formula is C51H49Cl5F4N4O14S3. The first-order valence-corrected chi connectivity index (χ1v) is 29.5. The monoisotopic (exact) mass is 1290 g/mol. The fraction of sp³-hybridized carbons (Fsp3) is 0.392. The van der Waals surface area contributed by atoms with E-state index in [-0.39, 0.29) is 115 Å². The van der Waals surface area contributed by atoms with E-state index in [4.69, 9.17) is 65.4 Å². The second kappa shape index (κ2) is 28.5. The molecule has 4 fully saturated rings. The van der Waals surface area contributed by atoms with E-state index >= 15 is 0 Å². The van der Waals surface area contributed by atoms with Gasteiger partial charge < -0.3 is 43.9 Å². The maximum atomic E-state index is 13.7. The number of aromatic nitrogens is 2. The quantitative estimate of drug-likeness (QED) is 0.0268. The van der Waals surface area contributed by atoms with Gasteiger partial charge in [-0.3, -0.25) is 5.32 Å². The Balaban J connectivity index is 0.000000241. The Morgan fingerprint density at radius 3 is 1.60 bits per heavy atom. The number of rotatable bonds is 23. The number of thioether (sulfide) groups is 2. The number of carbonyl (C=O) groups excluding carboxylic acids is 2. The van der Waals surface area contributed by atoms with E-state index in [1.54, 1.807) is 0 Å². The molecule has 2 N–H and O–H groups in total. The van der Waals surface area contributed by atoms with Crippen molar-refractivity contribution >= 4 is 110 Å². The van der Waals surface area contributed by atoms with Gasteiger partial charge in [-0.2, -0.15) is 31.3 Å². The van der Waals surface area contributed by atoms with E-state index in [0.717, 1.165) is 78.4 Å². The number of alkyl halides is 4. The molecule has 81 heavy (non-hydrogen) atoms. The number of carbonyl (C=O) groups is 3. The van der Waals surface area contributed by atoms with Crippen molar-refractivity contribution in [3.8, 4) is 23.0 Å². The van der Waals surface area contributed by atoms with Crippen LogP contribution in [0.4, 0.5) is 17.6 Å². The van der Waals surface area contributed by atoms with Crippen molar-refractivity contribution in [2.45, 2.75) is 79.6 Å². The van der Waals surface area contributed by atoms with Crippen molar-refractivity contribution in [3.63, 3.8) is 0 Å². The maximum Gasteiger partial charge on any atom is 0.387 e. The molecule has 4 unspecified atom stereocenters. The minimum atomic E-state index is -4.34. The molecule has 0 spiro atoms. The summed E-state index contributed by atoms with van der Waals surface area (Å²) in [5, 5.41) is 34.1. The van der Waals surface area contributed by atoms with Crippen LogP contribution in [0, 0.1) is 22.3 Å². The number of sulfonamides is 1. The van der Waals surface area contributed by atoms with Crippen LogP contribution in [0.15, 0.2) is 90.3 Å². The molecule has 0 radical (unpaired) electrons. The molecule has 30 heteroatoms. The van der Waals surface area contributed by atoms with Gasteiger partial charge in [0, 0.05) is 48.6 Å². The third kappa shape index (κ3) is 17.3. The van der Waals surface area contributed by atoms with E-state index < -0.39 is 64.1 Å². The lowest BCUT2D eigenvalue weighted by Gasteiger charge is -2.26. The van der Waals surface area contributed by atoms with Crippen molar-refractivity contribution < 1.29 is 83.4 Å². The Bertz CT molecular complexity index is 3140. The topological polar surface area (TPSA) is 230 Å². The SMILES string of the molecule is Cl.O=C(O)c1cccc(S(=O)(=O)N2CCSC2C(=O)OC(Cc2c(Cl)c[n+]([O-])cc2Cl)c2ccc(OC(F)F)c(OCC3CC3)c2)c1.O=C(OC(Cc1c(Cl)c[n+]([O-])cc1Cl)c1ccc(OC(F)F)c(OCC2CC2)c1)C1NCCS1. The number of hydrogen-bond donors (Lipinski definition) is 2. The van der Waals surface area contributed by atoms with Crippen LogP contribution in [-0.4, -0.2) is 97.5 Å². The molecule has 4 heterocycles. The Hall–Kier alpha value is -5.09. The van der Waals surface area contributed by atoms with Crippen molar-refractivity contribution in [2.24, 2.45) is 11.8 Å². The Morgan fingerprint density at radius 1 is 0.691 bits per heavy atom. The van der Waals surface area contributed by atoms with Crippen LogP contribution in [0.1, 0.15) is 70.5 Å². The first kappa shape index (κ1) is 63.5. The van der Waals surface area contributed by atoms with Gasteiger partial charge in [0.25, 0.3) is 0 Å². The van der Waals surface area contributed by atoms with Crippen LogP contribution in [-0.2, 0) is 41.9 Å². The van der Waals surface area contributed by atoms with Crippen LogP contribution in [0.25, 0.3) is 0 Å². The van der Waals surface area contributed by atoms with Gasteiger partial charge >= 0.3 is 31.1 Å². The zero-order valence-corrected chi connectivity index (χ0v) is 48.2. The van der Waals surface area contributed by atoms with Gasteiger partial charge in [0.1, 0.15) is 32.3 Å². The molecule has 2 aromatic heterocycles. The second-order valence-electron chi connectivity index (χ2n) is 18.4. The number of halogens is 9. The van der Waals surface area contributed by atoms with E-state index in [2.05, 4.69) is 14.8 Å². The standard InChI is InChI=1S/C29H26Cl2F2N2O9S2.C22H22Cl2F2N2O5S.ClH/c30-21-13-34(39)14-22(31)20(21)12-24(17-6-7-23(44-29(32)33)25(11-17)42-15-16-4-5-16)43-28(38)26-35(8-9-45-26)46(40,41)19-3-1-2-18(10-19)27(36)37;23-15-9-28(30)10-16(24)14(15)8-18(32-21(29)20-27-5-6-34-20)13-3-4-17(33-22(25)26)19(7-13)31-11-12-1-2-12;/h1-3,6-7,10-11,13-14,16,24,26,29H,4-5,8-9,12,15H2,(H,36,37);3-4,7,9-10,12,18,20,22,27H,1-2,5-6,8,11H2;1H. The average molecular weight is 1290 g/mol. The molecule has 2 aliphatic carbocycles. The van der Waals surface area contributed by atoms with Gasteiger partial charge in [0.05, 0.1) is 23.7 Å². The first-order chi connectivity index (χ1) is 38.1. The molecule has 0 amide bonds. The number of esters is 2. The molecule has 2 saturated carbocycles. The van der Waals surface area contributed by atoms with E-state index in [0.29, 0.717) is 39.7 Å². The van der Waals surface area contributed by atoms with E-state index in [9.17, 15) is 55.9 Å². The number of pyridine rings is 2. The summed E-state index contributed by atoms with van der Waals surface area (Å²) in [6.07, 6.45) is 6.07. The summed E-state index contributed by atoms with van der Waals surface area (Å²) in [6.45, 7) is -4.92. The molecule has 5 aromatic rings. The third-order valence-corrected chi connectivity index (χ3v) is 18.1. The molecule has 18 nitrogen and oxygen atoms in total. The number of aromatic carboxylic acids is 1. The first-order valence-electron chi connectivity index (χ1n) is 24.4. The van der Waals surface area contributed by atoms with Crippen LogP contribution in [0.5, 0.6) is 23.0 Å². The van der Waals surface area contributed by atoms with Gasteiger partial charge in [0.15, 0.2) is 58.5 Å². The molecule has 9 rings (SSSR count). The minimum absolute atomic E-state index is 0. The lowest BCUT2D eigenvalue weighted by molar-refractivity contribution is -0.605. The molecule has 2 saturated heterocycles. The highest BCUT2D eigenvalue weighted by atomic mass is 35.5. The number of nitrogens with zero attached hydrogens (tertiary/aromatic N) is 3. The molecular weight excluding hydrogens is 1240 g/mol. The summed E-state index contributed by atoms with van der Waals surface area (Å²) < 4.78 is 113. The predicted molar refractivity (Wildman–Crippen MR) is 294 cm³/mol. The van der Waals surface area contributed by atoms with Crippen LogP contribution >= 0.6 is 82.3 Å². The van der Waals surface area contributed by atoms with Crippen molar-refractivity contribution in [3.05, 3.63) is 144 Å². The number of carboxylic acid groups (broad SMARTS) is 1. The van der Waals surface area contributed by atoms with Crippen molar-refractivity contribution in [1.82, 2.24) is 9.62 Å². The second-order valence-corrected chi connectivity index (χ2v) is 24.3. The van der Waals surface area contributed by atoms with Gasteiger partial charge in [-0.05, 0) is 91.1 Å². The number of benzene rings is 3. The zero-order chi connectivity index (χ0) is 57.4. The molecule has 4 atom stereocenters. The molecule has 3 aromatic carbocycles. The average Bonchev–Trinajstić information content (AvgIpc) is 4.31. The van der Waals surface area contributed by atoms with Crippen molar-refractivity contribution in [2.75, 3.05) is 37.8 Å². The molecule has 2 aliphatic heterocycles. The van der Waals surface area contributed by atoms with E-state index in [1.165, 1.54) is 66.4 Å². The Kier molecular flexibility index (Phi) is 22.3. The highest BCUT2D eigenvalue weighted by molar-refractivity contribution is 8.02. The summed E-state index contributed by atoms with van der Waals surface area (Å²) in [6, 6.07) is 13.1. The molecule has 4 aliphatic rings. The number of ether oxygens (including phenoxy) is 6. The smallest absolute Gasteiger partial charge is 0.387 e. The fourth-order valence-corrected chi connectivity index (χ4v) is 13.3. The van der Waals surface area contributed by atoms with E-state index in [1.807, 2.05) is 0 Å². The van der Waals surface area contributed by atoms with Gasteiger partial charge in [-0.1, -0.05) is 64.6 Å². The lowest BCUT2D eigenvalue weighted by atomic mass is 10.0. The summed E-state index contributed by atoms with van der Waals surface area (Å²) in [4.78, 5) is 37.6. The third-order valence-electron chi connectivity index (χ3n) is 12.5. The summed E-state index contributed by atoms with van der Waals surface area (Å²) >= 11 is 27.5. The highest BCUT2D eigenvalue weighted by Crippen LogP contribution is 2.41. The predicted octanol–water partition coefficient (Wildman–Crippen LogP) is 10.2. The zero-order valence-electron chi connectivity index (χ0n) is 41.9. The molecule has 0 bridgehead atoms. The Morgan fingerprint density at radius 2 is 1.17 bits per heavy atom. The number of nitrogens with one attached hydrogen (secondary N) is 1. The van der Waals surface area contributed by atoms with Gasteiger partial charge in [-0.25, -0.2) is 22.8 Å². The van der Waals surface area contributed by atoms with Gasteiger partial charge in [0.2, 0.25) is 10.0 Å². The van der Waals surface area contributed by atoms with Crippen molar-refractivity contribution in [1.29, 1.82) is 0 Å². The molecule has 438 valence electrons. The van der Waals surface area contributed by atoms with Gasteiger partial charge in [-0.15, -0.1) is 35.9 Å². The summed E-state index contributed by atoms with van der Waals surface area (Å²) in [7, 11) is -4.34. The summed E-state index contributed by atoms with van der Waals surface area (Å²) in [5.74, 6) is -1.36. The normalized spacial score (nSPS) is 17.8. The van der Waals surface area contributed by atoms with Crippen LogP contribution in [0.2, 0.25) is 20.1 Å².